The van der Waals surface area contributed by atoms with Crippen LogP contribution in [0.3, 0.4) is 0 Å². The lowest BCUT2D eigenvalue weighted by molar-refractivity contribution is 0.308. The van der Waals surface area contributed by atoms with Crippen molar-refractivity contribution in [2.75, 3.05) is 0 Å². The van der Waals surface area contributed by atoms with Crippen molar-refractivity contribution in [3.8, 4) is 0 Å². The first-order chi connectivity index (χ1) is 8.70. The average Bonchev–Trinajstić information content (AvgIpc) is 2.40. The topological polar surface area (TPSA) is 23.1 Å². The summed E-state index contributed by atoms with van der Waals surface area (Å²) in [6, 6.07) is 7.20. The fourth-order valence-electron chi connectivity index (χ4n) is 3.04. The molecule has 1 saturated carbocycles. The summed E-state index contributed by atoms with van der Waals surface area (Å²) in [6.07, 6.45) is 7.74. The fourth-order valence-corrected chi connectivity index (χ4v) is 3.39. The van der Waals surface area contributed by atoms with Gasteiger partial charge in [-0.05, 0) is 55.2 Å². The minimum atomic E-state index is -2.35. The Bertz CT molecular complexity index is 355. The molecule has 1 aliphatic rings. The molecule has 0 amide bonds. The molecule has 0 N–H and O–H groups in total. The Labute approximate surface area is 112 Å². The van der Waals surface area contributed by atoms with Gasteiger partial charge in [0, 0.05) is 3.89 Å². The standard InChI is InChI=1S/C15H21FOS/c1-2-3-12-4-6-13(7-5-12)14-8-10-15(11-9-14)18(16)17/h8-13H,2-7H2,1H3/t12-,13-,18?. The van der Waals surface area contributed by atoms with E-state index in [4.69, 9.17) is 0 Å². The van der Waals surface area contributed by atoms with Crippen LogP contribution in [0.5, 0.6) is 0 Å². The molecule has 100 valence electrons. The van der Waals surface area contributed by atoms with Crippen molar-refractivity contribution in [3.05, 3.63) is 29.8 Å². The minimum absolute atomic E-state index is 0.276. The van der Waals surface area contributed by atoms with Gasteiger partial charge in [-0.3, -0.25) is 0 Å². The summed E-state index contributed by atoms with van der Waals surface area (Å²) in [5.41, 5.74) is 1.28. The molecule has 3 heteroatoms. The number of hydrogen-bond donors (Lipinski definition) is 0. The SMILES string of the molecule is CCC[C@H]1CC[C@H](c2ccc([S+]([O-])F)cc2)CC1. The van der Waals surface area contributed by atoms with Crippen molar-refractivity contribution in [2.45, 2.75) is 56.3 Å². The van der Waals surface area contributed by atoms with Gasteiger partial charge in [0.2, 0.25) is 11.6 Å². The molecule has 1 nitrogen and oxygen atoms in total. The first-order valence-electron chi connectivity index (χ1n) is 6.88. The maximum atomic E-state index is 12.6. The van der Waals surface area contributed by atoms with Crippen molar-refractivity contribution >= 4 is 11.6 Å². The Kier molecular flexibility index (Phi) is 5.07. The van der Waals surface area contributed by atoms with E-state index in [0.29, 0.717) is 5.92 Å². The van der Waals surface area contributed by atoms with E-state index in [0.717, 1.165) is 5.92 Å². The van der Waals surface area contributed by atoms with Crippen LogP contribution in [-0.2, 0) is 11.6 Å². The van der Waals surface area contributed by atoms with Crippen LogP contribution in [0.1, 0.15) is 56.9 Å². The maximum absolute atomic E-state index is 12.6. The summed E-state index contributed by atoms with van der Waals surface area (Å²) < 4.78 is 23.3. The van der Waals surface area contributed by atoms with Crippen LogP contribution in [0.25, 0.3) is 0 Å². The van der Waals surface area contributed by atoms with Gasteiger partial charge in [-0.15, -0.1) is 0 Å². The highest BCUT2D eigenvalue weighted by atomic mass is 32.3. The highest BCUT2D eigenvalue weighted by Gasteiger charge is 2.22. The second-order valence-corrected chi connectivity index (χ2v) is 6.22. The Morgan fingerprint density at radius 2 is 1.78 bits per heavy atom. The van der Waals surface area contributed by atoms with E-state index in [-0.39, 0.29) is 4.90 Å². The number of benzene rings is 1. The van der Waals surface area contributed by atoms with E-state index in [1.165, 1.54) is 44.1 Å². The molecule has 0 aliphatic heterocycles. The molecule has 0 spiro atoms. The lowest BCUT2D eigenvalue weighted by atomic mass is 9.77. The summed E-state index contributed by atoms with van der Waals surface area (Å²) in [5.74, 6) is 1.52. The predicted molar refractivity (Wildman–Crippen MR) is 73.6 cm³/mol. The number of rotatable bonds is 4. The molecule has 0 saturated heterocycles. The van der Waals surface area contributed by atoms with Gasteiger partial charge in [0.15, 0.2) is 4.90 Å². The van der Waals surface area contributed by atoms with Gasteiger partial charge in [0.1, 0.15) is 0 Å². The van der Waals surface area contributed by atoms with Crippen molar-refractivity contribution in [1.82, 2.24) is 0 Å². The Balaban J connectivity index is 1.93. The quantitative estimate of drug-likeness (QED) is 0.722. The molecule has 0 aromatic heterocycles. The normalized spacial score (nSPS) is 25.9. The molecule has 1 aliphatic carbocycles. The molecule has 1 unspecified atom stereocenters. The summed E-state index contributed by atoms with van der Waals surface area (Å²) in [4.78, 5) is 0.276. The molecule has 0 bridgehead atoms. The van der Waals surface area contributed by atoms with Gasteiger partial charge >= 0.3 is 0 Å². The van der Waals surface area contributed by atoms with Gasteiger partial charge in [-0.25, -0.2) is 0 Å². The van der Waals surface area contributed by atoms with Crippen molar-refractivity contribution in [2.24, 2.45) is 5.92 Å². The molecular formula is C15H21FOS. The molecule has 0 radical (unpaired) electrons. The Morgan fingerprint density at radius 1 is 1.17 bits per heavy atom. The van der Waals surface area contributed by atoms with Crippen LogP contribution < -0.4 is 0 Å². The van der Waals surface area contributed by atoms with Gasteiger partial charge in [-0.1, -0.05) is 31.9 Å². The second-order valence-electron chi connectivity index (χ2n) is 5.30. The summed E-state index contributed by atoms with van der Waals surface area (Å²) >= 11 is -2.35. The zero-order chi connectivity index (χ0) is 13.0. The Morgan fingerprint density at radius 3 is 2.28 bits per heavy atom. The van der Waals surface area contributed by atoms with Crippen LogP contribution >= 0.6 is 0 Å². The van der Waals surface area contributed by atoms with E-state index in [9.17, 15) is 8.44 Å². The minimum Gasteiger partial charge on any atom is -0.575 e. The zero-order valence-electron chi connectivity index (χ0n) is 10.9. The van der Waals surface area contributed by atoms with Crippen LogP contribution in [0.2, 0.25) is 0 Å². The zero-order valence-corrected chi connectivity index (χ0v) is 11.7. The maximum Gasteiger partial charge on any atom is 0.217 e. The highest BCUT2D eigenvalue weighted by Crippen LogP contribution is 2.37. The molecule has 2 rings (SSSR count). The third kappa shape index (κ3) is 3.48. The van der Waals surface area contributed by atoms with E-state index in [2.05, 4.69) is 6.92 Å². The first kappa shape index (κ1) is 13.9. The van der Waals surface area contributed by atoms with E-state index >= 15 is 0 Å². The van der Waals surface area contributed by atoms with Gasteiger partial charge in [0.25, 0.3) is 0 Å². The number of hydrogen-bond acceptors (Lipinski definition) is 1. The van der Waals surface area contributed by atoms with Crippen LogP contribution in [0.4, 0.5) is 3.89 Å². The van der Waals surface area contributed by atoms with E-state index in [1.807, 2.05) is 12.1 Å². The molecular weight excluding hydrogens is 247 g/mol. The monoisotopic (exact) mass is 268 g/mol. The van der Waals surface area contributed by atoms with Crippen molar-refractivity contribution < 1.29 is 8.44 Å². The van der Waals surface area contributed by atoms with Crippen LogP contribution in [-0.4, -0.2) is 4.55 Å². The largest absolute Gasteiger partial charge is 0.575 e. The lowest BCUT2D eigenvalue weighted by Crippen LogP contribution is -2.13. The molecule has 1 aromatic carbocycles. The smallest absolute Gasteiger partial charge is 0.217 e. The molecule has 1 fully saturated rings. The fraction of sp³-hybridized carbons (Fsp3) is 0.600. The molecule has 0 heterocycles. The van der Waals surface area contributed by atoms with Crippen molar-refractivity contribution in [1.29, 1.82) is 0 Å². The lowest BCUT2D eigenvalue weighted by Gasteiger charge is -2.28. The predicted octanol–water partition coefficient (Wildman–Crippen LogP) is 4.75. The molecule has 18 heavy (non-hydrogen) atoms. The average molecular weight is 268 g/mol. The van der Waals surface area contributed by atoms with Gasteiger partial charge in [-0.2, -0.15) is 0 Å². The first-order valence-corrected chi connectivity index (χ1v) is 7.93. The summed E-state index contributed by atoms with van der Waals surface area (Å²) in [5, 5.41) is 0. The highest BCUT2D eigenvalue weighted by molar-refractivity contribution is 7.86. The number of halogens is 1. The van der Waals surface area contributed by atoms with Crippen LogP contribution in [0.15, 0.2) is 29.2 Å². The van der Waals surface area contributed by atoms with E-state index in [1.54, 1.807) is 12.1 Å². The summed E-state index contributed by atoms with van der Waals surface area (Å²) in [6.45, 7) is 2.25. The third-order valence-electron chi connectivity index (χ3n) is 4.08. The molecule has 1 aromatic rings. The second kappa shape index (κ2) is 6.58. The third-order valence-corrected chi connectivity index (χ3v) is 4.72. The van der Waals surface area contributed by atoms with Gasteiger partial charge in [0.05, 0.1) is 0 Å². The summed E-state index contributed by atoms with van der Waals surface area (Å²) in [7, 11) is 0. The van der Waals surface area contributed by atoms with Crippen LogP contribution in [0, 0.1) is 5.92 Å². The molecule has 1 atom stereocenters. The Hall–Kier alpha value is -0.540. The van der Waals surface area contributed by atoms with E-state index < -0.39 is 11.6 Å². The van der Waals surface area contributed by atoms with Crippen molar-refractivity contribution in [3.63, 3.8) is 0 Å². The van der Waals surface area contributed by atoms with Gasteiger partial charge < -0.3 is 4.55 Å².